The summed E-state index contributed by atoms with van der Waals surface area (Å²) in [6.07, 6.45) is 0.497. The number of carbonyl (C=O) groups excluding carboxylic acids is 1. The summed E-state index contributed by atoms with van der Waals surface area (Å²) < 4.78 is 0. The number of nitrogens with two attached hydrogens (primary N) is 2. The van der Waals surface area contributed by atoms with E-state index in [4.69, 9.17) is 22.3 Å². The van der Waals surface area contributed by atoms with Crippen LogP contribution < -0.4 is 22.3 Å². The van der Waals surface area contributed by atoms with E-state index < -0.39 is 11.9 Å². The first-order valence-corrected chi connectivity index (χ1v) is 3.47. The molecular weight excluding hydrogens is 188 g/mol. The molecule has 0 rings (SSSR count). The Morgan fingerprint density at radius 1 is 1.36 bits per heavy atom. The molecule has 0 saturated heterocycles. The number of nitrogens with zero attached hydrogens (tertiary/aromatic N) is 2. The van der Waals surface area contributed by atoms with Crippen LogP contribution in [0, 0.1) is 10.8 Å². The molecule has 0 aliphatic rings. The number of guanidine groups is 2. The Balaban J connectivity index is 4.46. The minimum absolute atomic E-state index is 0.118. The van der Waals surface area contributed by atoms with E-state index in [1.165, 1.54) is 6.92 Å². The van der Waals surface area contributed by atoms with Crippen LogP contribution in [-0.2, 0) is 4.79 Å². The highest BCUT2D eigenvalue weighted by Crippen LogP contribution is 1.78. The molecule has 0 saturated carbocycles. The van der Waals surface area contributed by atoms with Gasteiger partial charge in [-0.3, -0.25) is 15.6 Å². The fraction of sp³-hybridized carbons (Fsp3) is 0.200. The molecule has 9 nitrogen and oxygen atoms in total. The van der Waals surface area contributed by atoms with Crippen molar-refractivity contribution in [2.24, 2.45) is 16.6 Å². The summed E-state index contributed by atoms with van der Waals surface area (Å²) in [5, 5.41) is 18.2. The Bertz CT molecular complexity index is 255. The van der Waals surface area contributed by atoms with Crippen molar-refractivity contribution in [1.82, 2.24) is 16.1 Å². The van der Waals surface area contributed by atoms with Gasteiger partial charge in [-0.15, -0.1) is 10.3 Å². The Hall–Kier alpha value is -2.32. The van der Waals surface area contributed by atoms with E-state index in [1.54, 1.807) is 0 Å². The molecule has 0 aromatic rings. The molecule has 0 aliphatic heterocycles. The van der Waals surface area contributed by atoms with Crippen LogP contribution in [0.4, 0.5) is 0 Å². The summed E-state index contributed by atoms with van der Waals surface area (Å²) in [6.45, 7) is 1.43. The largest absolute Gasteiger partial charge is 0.369 e. The zero-order valence-electron chi connectivity index (χ0n) is 7.53. The molecule has 0 fully saturated rings. The first-order chi connectivity index (χ1) is 6.45. The van der Waals surface area contributed by atoms with Crippen LogP contribution in [0.2, 0.25) is 0 Å². The van der Waals surface area contributed by atoms with Gasteiger partial charge in [0.2, 0.25) is 11.9 Å². The van der Waals surface area contributed by atoms with Crippen LogP contribution in [0.1, 0.15) is 6.92 Å². The number of hydrazine groups is 2. The minimum Gasteiger partial charge on any atom is -0.369 e. The number of hydrogen-bond acceptors (Lipinski definition) is 5. The molecule has 0 heterocycles. The number of aldehydes is 1. The lowest BCUT2D eigenvalue weighted by Gasteiger charge is -2.19. The molecule has 0 radical (unpaired) electrons. The van der Waals surface area contributed by atoms with Crippen LogP contribution in [0.3, 0.4) is 0 Å². The van der Waals surface area contributed by atoms with Crippen molar-refractivity contribution >= 4 is 23.9 Å². The molecule has 8 N–H and O–H groups in total. The minimum atomic E-state index is -0.416. The highest BCUT2D eigenvalue weighted by atomic mass is 16.1. The van der Waals surface area contributed by atoms with Crippen LogP contribution >= 0.6 is 0 Å². The highest BCUT2D eigenvalue weighted by Gasteiger charge is 2.02. The maximum atomic E-state index is 10.2. The molecule has 0 spiro atoms. The van der Waals surface area contributed by atoms with Crippen molar-refractivity contribution in [3.05, 3.63) is 0 Å². The van der Waals surface area contributed by atoms with Crippen LogP contribution in [-0.4, -0.2) is 29.1 Å². The quantitative estimate of drug-likeness (QED) is 0.129. The van der Waals surface area contributed by atoms with Gasteiger partial charge < -0.3 is 11.5 Å². The van der Waals surface area contributed by atoms with Gasteiger partial charge >= 0.3 is 0 Å². The summed E-state index contributed by atoms with van der Waals surface area (Å²) in [5.74, 6) is -0.831. The van der Waals surface area contributed by atoms with Gasteiger partial charge in [0.05, 0.1) is 0 Å². The van der Waals surface area contributed by atoms with E-state index >= 15 is 0 Å². The Morgan fingerprint density at radius 3 is 2.07 bits per heavy atom. The lowest BCUT2D eigenvalue weighted by atomic mass is 10.5. The first kappa shape index (κ1) is 11.7. The summed E-state index contributed by atoms with van der Waals surface area (Å²) in [7, 11) is 0. The molecule has 0 bridgehead atoms. The average molecular weight is 200 g/mol. The fourth-order valence-electron chi connectivity index (χ4n) is 0.487. The highest BCUT2D eigenvalue weighted by molar-refractivity contribution is 6.26. The molecule has 0 atom stereocenters. The maximum absolute atomic E-state index is 10.2. The lowest BCUT2D eigenvalue weighted by molar-refractivity contribution is -0.102. The average Bonchev–Trinajstić information content (AvgIpc) is 2.01. The second-order valence-corrected chi connectivity index (χ2v) is 2.22. The molecule has 14 heavy (non-hydrogen) atoms. The molecule has 0 aromatic heterocycles. The second-order valence-electron chi connectivity index (χ2n) is 2.22. The number of nitrogens with one attached hydrogen (secondary N) is 4. The van der Waals surface area contributed by atoms with E-state index in [1.807, 2.05) is 0 Å². The zero-order chi connectivity index (χ0) is 11.1. The third-order valence-corrected chi connectivity index (χ3v) is 0.881. The third-order valence-electron chi connectivity index (χ3n) is 0.881. The molecule has 78 valence electrons. The van der Waals surface area contributed by atoms with Gasteiger partial charge in [0.15, 0.2) is 6.29 Å². The maximum Gasteiger partial charge on any atom is 0.207 e. The topological polar surface area (TPSA) is 156 Å². The molecule has 0 aromatic carbocycles. The normalized spacial score (nSPS) is 10.2. The Kier molecular flexibility index (Phi) is 4.46. The van der Waals surface area contributed by atoms with E-state index in [-0.39, 0.29) is 5.71 Å². The lowest BCUT2D eigenvalue weighted by Crippen LogP contribution is -2.53. The van der Waals surface area contributed by atoms with Crippen LogP contribution in [0.5, 0.6) is 0 Å². The van der Waals surface area contributed by atoms with Gasteiger partial charge in [-0.05, 0) is 6.92 Å². The zero-order valence-corrected chi connectivity index (χ0v) is 7.53. The van der Waals surface area contributed by atoms with Gasteiger partial charge in [0.25, 0.3) is 0 Å². The van der Waals surface area contributed by atoms with Crippen LogP contribution in [0.15, 0.2) is 5.10 Å². The molecule has 0 aliphatic carbocycles. The van der Waals surface area contributed by atoms with E-state index in [2.05, 4.69) is 16.0 Å². The van der Waals surface area contributed by atoms with E-state index in [9.17, 15) is 4.79 Å². The van der Waals surface area contributed by atoms with Gasteiger partial charge in [-0.1, -0.05) is 0 Å². The van der Waals surface area contributed by atoms with Crippen molar-refractivity contribution < 1.29 is 4.79 Å². The summed E-state index contributed by atoms with van der Waals surface area (Å²) in [6, 6.07) is 0. The van der Waals surface area contributed by atoms with Crippen molar-refractivity contribution in [2.75, 3.05) is 0 Å². The van der Waals surface area contributed by atoms with Crippen LogP contribution in [0.25, 0.3) is 0 Å². The number of hydrazone groups is 1. The molecular formula is C5H12N8O. The van der Waals surface area contributed by atoms with Gasteiger partial charge in [0.1, 0.15) is 5.71 Å². The van der Waals surface area contributed by atoms with Gasteiger partial charge in [0, 0.05) is 0 Å². The number of rotatable bonds is 4. The second kappa shape index (κ2) is 5.35. The monoisotopic (exact) mass is 200 g/mol. The SMILES string of the molecule is CC(C=O)=NN(NC(=N)N)NC(=N)N. The number of hydrogen-bond donors (Lipinski definition) is 6. The summed E-state index contributed by atoms with van der Waals surface area (Å²) >= 11 is 0. The van der Waals surface area contributed by atoms with Crippen molar-refractivity contribution in [2.45, 2.75) is 6.92 Å². The van der Waals surface area contributed by atoms with Gasteiger partial charge in [-0.2, -0.15) is 0 Å². The van der Waals surface area contributed by atoms with Crippen molar-refractivity contribution in [1.29, 1.82) is 10.8 Å². The van der Waals surface area contributed by atoms with Crippen molar-refractivity contribution in [3.63, 3.8) is 0 Å². The number of carbonyl (C=O) groups is 1. The summed E-state index contributed by atoms with van der Waals surface area (Å²) in [4.78, 5) is 10.2. The third kappa shape index (κ3) is 5.35. The Labute approximate surface area is 80.1 Å². The molecule has 9 heteroatoms. The standard InChI is InChI=1S/C5H12N8O/c1-3(2-14)10-13(11-4(6)7)12-5(8)9/h2H,1H3,(H4,6,7,11)(H4,8,9,12). The fourth-order valence-corrected chi connectivity index (χ4v) is 0.487. The first-order valence-electron chi connectivity index (χ1n) is 3.47. The van der Waals surface area contributed by atoms with Gasteiger partial charge in [-0.25, -0.2) is 10.9 Å². The smallest absolute Gasteiger partial charge is 0.207 e. The predicted octanol–water partition coefficient (Wildman–Crippen LogP) is -2.34. The Morgan fingerprint density at radius 2 is 1.79 bits per heavy atom. The van der Waals surface area contributed by atoms with Crippen molar-refractivity contribution in [3.8, 4) is 0 Å². The predicted molar refractivity (Wildman–Crippen MR) is 51.1 cm³/mol. The van der Waals surface area contributed by atoms with E-state index in [0.717, 1.165) is 5.23 Å². The van der Waals surface area contributed by atoms with E-state index in [0.29, 0.717) is 6.29 Å². The molecule has 0 amide bonds. The summed E-state index contributed by atoms with van der Waals surface area (Å²) in [5.41, 5.74) is 14.5. The molecule has 0 unspecified atom stereocenters.